The van der Waals surface area contributed by atoms with Crippen LogP contribution >= 0.6 is 11.6 Å². The predicted molar refractivity (Wildman–Crippen MR) is 97.5 cm³/mol. The normalized spacial score (nSPS) is 26.5. The van der Waals surface area contributed by atoms with Gasteiger partial charge in [-0.1, -0.05) is 35.9 Å². The lowest BCUT2D eigenvalue weighted by Gasteiger charge is -2.30. The second-order valence-electron chi connectivity index (χ2n) is 6.85. The third-order valence-corrected chi connectivity index (χ3v) is 5.59. The first-order valence-electron chi connectivity index (χ1n) is 8.68. The van der Waals surface area contributed by atoms with Crippen LogP contribution in [0.5, 0.6) is 5.75 Å². The van der Waals surface area contributed by atoms with Gasteiger partial charge in [0.2, 0.25) is 0 Å². The van der Waals surface area contributed by atoms with Crippen molar-refractivity contribution in [2.24, 2.45) is 11.7 Å². The molecule has 2 N–H and O–H groups in total. The summed E-state index contributed by atoms with van der Waals surface area (Å²) in [6, 6.07) is 16.7. The summed E-state index contributed by atoms with van der Waals surface area (Å²) >= 11 is 6.00. The Morgan fingerprint density at radius 1 is 1.12 bits per heavy atom. The van der Waals surface area contributed by atoms with Crippen molar-refractivity contribution in [2.75, 3.05) is 19.6 Å². The third-order valence-electron chi connectivity index (χ3n) is 5.34. The second kappa shape index (κ2) is 6.75. The highest BCUT2D eigenvalue weighted by Crippen LogP contribution is 2.39. The molecule has 1 heterocycles. The van der Waals surface area contributed by atoms with Crippen LogP contribution in [-0.2, 0) is 6.42 Å². The second-order valence-corrected chi connectivity index (χ2v) is 7.28. The molecule has 0 amide bonds. The molecule has 0 bridgehead atoms. The minimum Gasteiger partial charge on any atom is -0.484 e. The standard InChI is InChI=1S/C20H23ClN2O/c21-16-5-7-17(8-6-16)24-20-18-4-2-1-3-15(18)11-19(20)23-10-9-14(12-22)13-23/h1-8,14,19-20H,9-13,22H2/t14-,19+,20?/m0/s1. The monoisotopic (exact) mass is 342 g/mol. The van der Waals surface area contributed by atoms with Crippen LogP contribution in [0.2, 0.25) is 5.02 Å². The van der Waals surface area contributed by atoms with Gasteiger partial charge in [0, 0.05) is 11.6 Å². The van der Waals surface area contributed by atoms with Gasteiger partial charge in [0.15, 0.2) is 0 Å². The molecule has 1 saturated heterocycles. The molecule has 0 saturated carbocycles. The summed E-state index contributed by atoms with van der Waals surface area (Å²) in [5, 5.41) is 0.732. The van der Waals surface area contributed by atoms with Gasteiger partial charge in [-0.2, -0.15) is 0 Å². The Kier molecular flexibility index (Phi) is 4.49. The van der Waals surface area contributed by atoms with E-state index in [4.69, 9.17) is 22.1 Å². The van der Waals surface area contributed by atoms with Crippen LogP contribution in [0.4, 0.5) is 0 Å². The van der Waals surface area contributed by atoms with Crippen molar-refractivity contribution in [1.82, 2.24) is 4.90 Å². The molecule has 3 atom stereocenters. The Morgan fingerprint density at radius 2 is 1.92 bits per heavy atom. The first-order valence-corrected chi connectivity index (χ1v) is 9.06. The highest BCUT2D eigenvalue weighted by molar-refractivity contribution is 6.30. The summed E-state index contributed by atoms with van der Waals surface area (Å²) in [5.74, 6) is 1.49. The fraction of sp³-hybridized carbons (Fsp3) is 0.400. The van der Waals surface area contributed by atoms with Crippen LogP contribution in [-0.4, -0.2) is 30.6 Å². The van der Waals surface area contributed by atoms with Gasteiger partial charge >= 0.3 is 0 Å². The number of hydrogen-bond acceptors (Lipinski definition) is 3. The van der Waals surface area contributed by atoms with Crippen LogP contribution < -0.4 is 10.5 Å². The lowest BCUT2D eigenvalue weighted by Crippen LogP contribution is -2.39. The van der Waals surface area contributed by atoms with Crippen molar-refractivity contribution >= 4 is 11.6 Å². The zero-order valence-electron chi connectivity index (χ0n) is 13.7. The third kappa shape index (κ3) is 3.04. The van der Waals surface area contributed by atoms with E-state index in [0.717, 1.165) is 36.8 Å². The molecule has 0 spiro atoms. The molecule has 24 heavy (non-hydrogen) atoms. The van der Waals surface area contributed by atoms with Gasteiger partial charge in [0.1, 0.15) is 11.9 Å². The quantitative estimate of drug-likeness (QED) is 0.921. The summed E-state index contributed by atoms with van der Waals surface area (Å²) in [6.07, 6.45) is 2.31. The van der Waals surface area contributed by atoms with Crippen LogP contribution in [0, 0.1) is 5.92 Å². The van der Waals surface area contributed by atoms with E-state index < -0.39 is 0 Å². The minimum atomic E-state index is 0.0684. The molecule has 4 heteroatoms. The largest absolute Gasteiger partial charge is 0.484 e. The molecule has 1 fully saturated rings. The van der Waals surface area contributed by atoms with Crippen molar-refractivity contribution in [3.05, 3.63) is 64.7 Å². The topological polar surface area (TPSA) is 38.5 Å². The number of ether oxygens (including phenoxy) is 1. The zero-order valence-corrected chi connectivity index (χ0v) is 14.5. The molecule has 1 unspecified atom stereocenters. The molecule has 4 rings (SSSR count). The fourth-order valence-corrected chi connectivity index (χ4v) is 4.14. The van der Waals surface area contributed by atoms with Crippen molar-refractivity contribution in [3.63, 3.8) is 0 Å². The number of fused-ring (bicyclic) bond motifs is 1. The molecular formula is C20H23ClN2O. The van der Waals surface area contributed by atoms with E-state index in [0.29, 0.717) is 12.0 Å². The molecule has 2 aliphatic rings. The van der Waals surface area contributed by atoms with E-state index in [9.17, 15) is 0 Å². The molecule has 0 aromatic heterocycles. The van der Waals surface area contributed by atoms with Crippen LogP contribution in [0.3, 0.4) is 0 Å². The van der Waals surface area contributed by atoms with Crippen LogP contribution in [0.1, 0.15) is 23.7 Å². The number of nitrogens with two attached hydrogens (primary N) is 1. The molecule has 2 aromatic rings. The molecule has 3 nitrogen and oxygen atoms in total. The lowest BCUT2D eigenvalue weighted by molar-refractivity contribution is 0.0917. The lowest BCUT2D eigenvalue weighted by atomic mass is 10.1. The Balaban J connectivity index is 1.60. The smallest absolute Gasteiger partial charge is 0.140 e. The highest BCUT2D eigenvalue weighted by atomic mass is 35.5. The Morgan fingerprint density at radius 3 is 2.67 bits per heavy atom. The molecular weight excluding hydrogens is 320 g/mol. The number of halogens is 1. The zero-order chi connectivity index (χ0) is 16.5. The van der Waals surface area contributed by atoms with Gasteiger partial charge in [-0.05, 0) is 67.2 Å². The SMILES string of the molecule is NC[C@@H]1CCN([C@@H]2Cc3ccccc3C2Oc2ccc(Cl)cc2)C1. The maximum Gasteiger partial charge on any atom is 0.140 e. The summed E-state index contributed by atoms with van der Waals surface area (Å²) in [5.41, 5.74) is 8.60. The Bertz CT molecular complexity index is 703. The molecule has 126 valence electrons. The van der Waals surface area contributed by atoms with Gasteiger partial charge in [-0.15, -0.1) is 0 Å². The average Bonchev–Trinajstić information content (AvgIpc) is 3.22. The Hall–Kier alpha value is -1.55. The molecule has 1 aliphatic heterocycles. The summed E-state index contributed by atoms with van der Waals surface area (Å²) in [6.45, 7) is 2.97. The van der Waals surface area contributed by atoms with Crippen LogP contribution in [0.15, 0.2) is 48.5 Å². The average molecular weight is 343 g/mol. The number of rotatable bonds is 4. The maximum absolute atomic E-state index is 6.42. The van der Waals surface area contributed by atoms with Gasteiger partial charge in [-0.3, -0.25) is 4.90 Å². The predicted octanol–water partition coefficient (Wildman–Crippen LogP) is 3.67. The van der Waals surface area contributed by atoms with Crippen LogP contribution in [0.25, 0.3) is 0 Å². The number of benzene rings is 2. The van der Waals surface area contributed by atoms with E-state index in [2.05, 4.69) is 29.2 Å². The number of hydrogen-bond donors (Lipinski definition) is 1. The van der Waals surface area contributed by atoms with Crippen molar-refractivity contribution in [2.45, 2.75) is 25.0 Å². The first-order chi connectivity index (χ1) is 11.7. The molecule has 2 aromatic carbocycles. The van der Waals surface area contributed by atoms with E-state index in [1.165, 1.54) is 17.5 Å². The van der Waals surface area contributed by atoms with E-state index >= 15 is 0 Å². The molecule has 1 aliphatic carbocycles. The van der Waals surface area contributed by atoms with Gasteiger partial charge < -0.3 is 10.5 Å². The van der Waals surface area contributed by atoms with Gasteiger partial charge in [0.05, 0.1) is 6.04 Å². The van der Waals surface area contributed by atoms with E-state index in [1.807, 2.05) is 24.3 Å². The fourth-order valence-electron chi connectivity index (χ4n) is 4.02. The highest BCUT2D eigenvalue weighted by Gasteiger charge is 2.40. The summed E-state index contributed by atoms with van der Waals surface area (Å²) in [7, 11) is 0. The first kappa shape index (κ1) is 15.9. The van der Waals surface area contributed by atoms with Gasteiger partial charge in [0.25, 0.3) is 0 Å². The summed E-state index contributed by atoms with van der Waals surface area (Å²) < 4.78 is 6.42. The number of nitrogens with zero attached hydrogens (tertiary/aromatic N) is 1. The van der Waals surface area contributed by atoms with Crippen molar-refractivity contribution in [3.8, 4) is 5.75 Å². The van der Waals surface area contributed by atoms with E-state index in [-0.39, 0.29) is 6.10 Å². The van der Waals surface area contributed by atoms with Crippen molar-refractivity contribution in [1.29, 1.82) is 0 Å². The van der Waals surface area contributed by atoms with Crippen molar-refractivity contribution < 1.29 is 4.74 Å². The maximum atomic E-state index is 6.42. The minimum absolute atomic E-state index is 0.0684. The molecule has 0 radical (unpaired) electrons. The summed E-state index contributed by atoms with van der Waals surface area (Å²) in [4.78, 5) is 2.57. The van der Waals surface area contributed by atoms with E-state index in [1.54, 1.807) is 0 Å². The number of likely N-dealkylation sites (tertiary alicyclic amines) is 1. The Labute approximate surface area is 148 Å². The van der Waals surface area contributed by atoms with Gasteiger partial charge in [-0.25, -0.2) is 0 Å².